The molecule has 0 aromatic heterocycles. The van der Waals surface area contributed by atoms with Gasteiger partial charge in [0.2, 0.25) is 11.8 Å². The van der Waals surface area contributed by atoms with Gasteiger partial charge in [0.15, 0.2) is 0 Å². The van der Waals surface area contributed by atoms with Gasteiger partial charge in [0.25, 0.3) is 0 Å². The van der Waals surface area contributed by atoms with Crippen molar-refractivity contribution in [2.75, 3.05) is 11.5 Å². The lowest BCUT2D eigenvalue weighted by molar-refractivity contribution is -0.120. The standard InChI is InChI=1S/C10H20N2O2S2/c1-7(11-9(3)13)5-15-16-6-8(2)12-10(4)14/h7-8H,5-6H2,1-4H3,(H,11,13)(H,12,14). The van der Waals surface area contributed by atoms with E-state index < -0.39 is 0 Å². The lowest BCUT2D eigenvalue weighted by atomic mass is 10.4. The highest BCUT2D eigenvalue weighted by Crippen LogP contribution is 2.22. The molecule has 6 heteroatoms. The van der Waals surface area contributed by atoms with E-state index in [9.17, 15) is 9.59 Å². The van der Waals surface area contributed by atoms with E-state index in [1.165, 1.54) is 13.8 Å². The lowest BCUT2D eigenvalue weighted by Gasteiger charge is -2.13. The zero-order valence-electron chi connectivity index (χ0n) is 10.2. The third-order valence-electron chi connectivity index (χ3n) is 1.62. The number of carbonyl (C=O) groups is 2. The summed E-state index contributed by atoms with van der Waals surface area (Å²) in [6.07, 6.45) is 0. The molecule has 0 aliphatic heterocycles. The zero-order chi connectivity index (χ0) is 12.6. The third kappa shape index (κ3) is 10.2. The number of hydrogen-bond acceptors (Lipinski definition) is 4. The van der Waals surface area contributed by atoms with Crippen LogP contribution in [0, 0.1) is 0 Å². The molecule has 0 aromatic rings. The van der Waals surface area contributed by atoms with Crippen LogP contribution in [0.2, 0.25) is 0 Å². The van der Waals surface area contributed by atoms with Crippen molar-refractivity contribution >= 4 is 33.4 Å². The highest BCUT2D eigenvalue weighted by atomic mass is 33.1. The van der Waals surface area contributed by atoms with Crippen LogP contribution in [0.5, 0.6) is 0 Å². The van der Waals surface area contributed by atoms with Gasteiger partial charge < -0.3 is 10.6 Å². The fraction of sp³-hybridized carbons (Fsp3) is 0.800. The molecule has 4 nitrogen and oxygen atoms in total. The van der Waals surface area contributed by atoms with Crippen LogP contribution in [0.4, 0.5) is 0 Å². The molecule has 0 radical (unpaired) electrons. The van der Waals surface area contributed by atoms with Gasteiger partial charge in [0.1, 0.15) is 0 Å². The molecule has 0 aromatic carbocycles. The molecule has 2 unspecified atom stereocenters. The normalized spacial score (nSPS) is 14.0. The zero-order valence-corrected chi connectivity index (χ0v) is 11.8. The van der Waals surface area contributed by atoms with E-state index in [1.54, 1.807) is 21.6 Å². The van der Waals surface area contributed by atoms with Gasteiger partial charge in [-0.1, -0.05) is 21.6 Å². The van der Waals surface area contributed by atoms with E-state index in [2.05, 4.69) is 10.6 Å². The first-order chi connectivity index (χ1) is 7.41. The maximum Gasteiger partial charge on any atom is 0.217 e. The molecule has 16 heavy (non-hydrogen) atoms. The van der Waals surface area contributed by atoms with E-state index in [0.717, 1.165) is 11.5 Å². The Morgan fingerprint density at radius 1 is 0.938 bits per heavy atom. The van der Waals surface area contributed by atoms with Crippen molar-refractivity contribution in [3.63, 3.8) is 0 Å². The largest absolute Gasteiger partial charge is 0.353 e. The van der Waals surface area contributed by atoms with Gasteiger partial charge in [-0.2, -0.15) is 0 Å². The molecule has 0 aliphatic carbocycles. The van der Waals surface area contributed by atoms with Crippen molar-refractivity contribution in [1.82, 2.24) is 10.6 Å². The summed E-state index contributed by atoms with van der Waals surface area (Å²) in [4.78, 5) is 21.5. The van der Waals surface area contributed by atoms with Crippen LogP contribution in [0.25, 0.3) is 0 Å². The Balaban J connectivity index is 3.45. The molecule has 0 saturated heterocycles. The maximum atomic E-state index is 10.7. The van der Waals surface area contributed by atoms with Crippen molar-refractivity contribution in [1.29, 1.82) is 0 Å². The van der Waals surface area contributed by atoms with Gasteiger partial charge in [-0.05, 0) is 13.8 Å². The molecule has 2 N–H and O–H groups in total. The van der Waals surface area contributed by atoms with Crippen LogP contribution in [0.15, 0.2) is 0 Å². The van der Waals surface area contributed by atoms with Gasteiger partial charge in [-0.3, -0.25) is 9.59 Å². The fourth-order valence-electron chi connectivity index (χ4n) is 1.08. The minimum atomic E-state index is 0.00437. The maximum absolute atomic E-state index is 10.7. The molecule has 0 spiro atoms. The molecule has 0 saturated carbocycles. The molecule has 0 fully saturated rings. The third-order valence-corrected chi connectivity index (χ3v) is 4.37. The summed E-state index contributed by atoms with van der Waals surface area (Å²) >= 11 is 0. The monoisotopic (exact) mass is 264 g/mol. The fourth-order valence-corrected chi connectivity index (χ4v) is 3.65. The van der Waals surface area contributed by atoms with E-state index in [4.69, 9.17) is 0 Å². The number of carbonyl (C=O) groups excluding carboxylic acids is 2. The highest BCUT2D eigenvalue weighted by Gasteiger charge is 2.06. The summed E-state index contributed by atoms with van der Waals surface area (Å²) in [7, 11) is 3.42. The average molecular weight is 264 g/mol. The van der Waals surface area contributed by atoms with Crippen molar-refractivity contribution in [2.45, 2.75) is 39.8 Å². The van der Waals surface area contributed by atoms with E-state index in [-0.39, 0.29) is 23.9 Å². The topological polar surface area (TPSA) is 58.2 Å². The van der Waals surface area contributed by atoms with Gasteiger partial charge in [-0.15, -0.1) is 0 Å². The summed E-state index contributed by atoms with van der Waals surface area (Å²) in [6, 6.07) is 0.372. The van der Waals surface area contributed by atoms with Crippen LogP contribution >= 0.6 is 21.6 Å². The number of amides is 2. The summed E-state index contributed by atoms with van der Waals surface area (Å²) in [5.74, 6) is 1.75. The summed E-state index contributed by atoms with van der Waals surface area (Å²) < 4.78 is 0. The van der Waals surface area contributed by atoms with Crippen molar-refractivity contribution < 1.29 is 9.59 Å². The van der Waals surface area contributed by atoms with Crippen LogP contribution in [0.1, 0.15) is 27.7 Å². The Morgan fingerprint density at radius 2 is 1.25 bits per heavy atom. The van der Waals surface area contributed by atoms with Crippen molar-refractivity contribution in [3.05, 3.63) is 0 Å². The number of nitrogens with one attached hydrogen (secondary N) is 2. The Morgan fingerprint density at radius 3 is 1.50 bits per heavy atom. The van der Waals surface area contributed by atoms with Crippen LogP contribution in [-0.4, -0.2) is 35.4 Å². The van der Waals surface area contributed by atoms with Crippen molar-refractivity contribution in [3.8, 4) is 0 Å². The lowest BCUT2D eigenvalue weighted by Crippen LogP contribution is -2.33. The minimum absolute atomic E-state index is 0.00437. The van der Waals surface area contributed by atoms with Gasteiger partial charge >= 0.3 is 0 Å². The molecular weight excluding hydrogens is 244 g/mol. The second-order valence-corrected chi connectivity index (χ2v) is 6.32. The van der Waals surface area contributed by atoms with Gasteiger partial charge in [0, 0.05) is 37.4 Å². The van der Waals surface area contributed by atoms with E-state index >= 15 is 0 Å². The summed E-state index contributed by atoms with van der Waals surface area (Å²) in [5, 5.41) is 5.64. The Labute approximate surface area is 105 Å². The predicted octanol–water partition coefficient (Wildman–Crippen LogP) is 1.42. The SMILES string of the molecule is CC(=O)NC(C)CSSCC(C)NC(C)=O. The first kappa shape index (κ1) is 15.6. The molecule has 0 bridgehead atoms. The molecule has 2 atom stereocenters. The van der Waals surface area contributed by atoms with Gasteiger partial charge in [-0.25, -0.2) is 0 Å². The number of rotatable bonds is 7. The molecule has 0 aliphatic rings. The van der Waals surface area contributed by atoms with E-state index in [0.29, 0.717) is 0 Å². The first-order valence-corrected chi connectivity index (χ1v) is 7.69. The first-order valence-electron chi connectivity index (χ1n) is 5.20. The summed E-state index contributed by atoms with van der Waals surface area (Å²) in [5.41, 5.74) is 0. The second kappa shape index (κ2) is 8.75. The van der Waals surface area contributed by atoms with Crippen LogP contribution in [-0.2, 0) is 9.59 Å². The Kier molecular flexibility index (Phi) is 8.56. The molecule has 0 rings (SSSR count). The Hall–Kier alpha value is -0.360. The summed E-state index contributed by atoms with van der Waals surface area (Å²) in [6.45, 7) is 7.00. The quantitative estimate of drug-likeness (QED) is 0.539. The van der Waals surface area contributed by atoms with Gasteiger partial charge in [0.05, 0.1) is 0 Å². The second-order valence-electron chi connectivity index (χ2n) is 3.77. The average Bonchev–Trinajstić information content (AvgIpc) is 2.10. The molecule has 94 valence electrons. The molecular formula is C10H20N2O2S2. The van der Waals surface area contributed by atoms with Crippen LogP contribution in [0.3, 0.4) is 0 Å². The van der Waals surface area contributed by atoms with E-state index in [1.807, 2.05) is 13.8 Å². The Bertz CT molecular complexity index is 213. The van der Waals surface area contributed by atoms with Crippen LogP contribution < -0.4 is 10.6 Å². The molecule has 0 heterocycles. The van der Waals surface area contributed by atoms with Crippen molar-refractivity contribution in [2.24, 2.45) is 0 Å². The predicted molar refractivity (Wildman–Crippen MR) is 71.5 cm³/mol. The smallest absolute Gasteiger partial charge is 0.217 e. The number of hydrogen-bond donors (Lipinski definition) is 2. The highest BCUT2D eigenvalue weighted by molar-refractivity contribution is 8.76. The molecule has 2 amide bonds. The minimum Gasteiger partial charge on any atom is -0.353 e.